The summed E-state index contributed by atoms with van der Waals surface area (Å²) in [5, 5.41) is 0. The second kappa shape index (κ2) is 7.09. The van der Waals surface area contributed by atoms with E-state index in [1.807, 2.05) is 0 Å². The van der Waals surface area contributed by atoms with Crippen LogP contribution in [0.5, 0.6) is 0 Å². The lowest BCUT2D eigenvalue weighted by Gasteiger charge is -2.39. The number of allylic oxidation sites excluding steroid dienone is 2. The molecule has 0 saturated carbocycles. The summed E-state index contributed by atoms with van der Waals surface area (Å²) < 4.78 is 0. The lowest BCUT2D eigenvalue weighted by molar-refractivity contribution is 0.101. The quantitative estimate of drug-likeness (QED) is 0.725. The normalized spacial score (nSPS) is 31.8. The Hall–Kier alpha value is -0.340. The Labute approximate surface area is 125 Å². The number of hydrogen-bond acceptors (Lipinski definition) is 2. The van der Waals surface area contributed by atoms with Crippen molar-refractivity contribution in [1.82, 2.24) is 9.80 Å². The molecule has 0 unspecified atom stereocenters. The van der Waals surface area contributed by atoms with Gasteiger partial charge in [0.25, 0.3) is 0 Å². The Bertz CT molecular complexity index is 311. The standard InChI is InChI=1S/C18H32N2/c1-16(20-11-5-6-12-20)18-9-13-19(14-10-18)15-17-7-3-2-4-8-17/h2-3,16-18H,4-15H2,1H3/t16-,17-/m0/s1. The first-order valence-electron chi connectivity index (χ1n) is 8.94. The number of piperidine rings is 1. The summed E-state index contributed by atoms with van der Waals surface area (Å²) in [4.78, 5) is 5.49. The van der Waals surface area contributed by atoms with Crippen LogP contribution in [0.4, 0.5) is 0 Å². The molecule has 114 valence electrons. The molecule has 2 heteroatoms. The molecule has 0 aromatic carbocycles. The number of rotatable bonds is 4. The summed E-state index contributed by atoms with van der Waals surface area (Å²) in [7, 11) is 0. The molecular formula is C18H32N2. The Balaban J connectivity index is 1.41. The third-order valence-corrected chi connectivity index (χ3v) is 5.93. The molecule has 2 aliphatic heterocycles. The summed E-state index contributed by atoms with van der Waals surface area (Å²) >= 11 is 0. The lowest BCUT2D eigenvalue weighted by atomic mass is 9.88. The van der Waals surface area contributed by atoms with Gasteiger partial charge in [-0.15, -0.1) is 0 Å². The summed E-state index contributed by atoms with van der Waals surface area (Å²) in [6, 6.07) is 0.831. The highest BCUT2D eigenvalue weighted by atomic mass is 15.2. The smallest absolute Gasteiger partial charge is 0.00961 e. The molecule has 0 aromatic heterocycles. The zero-order valence-electron chi connectivity index (χ0n) is 13.3. The van der Waals surface area contributed by atoms with Crippen LogP contribution in [-0.4, -0.2) is 48.6 Å². The van der Waals surface area contributed by atoms with Gasteiger partial charge >= 0.3 is 0 Å². The highest BCUT2D eigenvalue weighted by molar-refractivity contribution is 4.91. The Morgan fingerprint density at radius 2 is 1.75 bits per heavy atom. The molecule has 2 heterocycles. The van der Waals surface area contributed by atoms with Crippen LogP contribution in [0.2, 0.25) is 0 Å². The fraction of sp³-hybridized carbons (Fsp3) is 0.889. The topological polar surface area (TPSA) is 6.48 Å². The monoisotopic (exact) mass is 276 g/mol. The van der Waals surface area contributed by atoms with Crippen LogP contribution in [0, 0.1) is 11.8 Å². The van der Waals surface area contributed by atoms with Crippen molar-refractivity contribution in [3.8, 4) is 0 Å². The largest absolute Gasteiger partial charge is 0.303 e. The molecule has 2 fully saturated rings. The van der Waals surface area contributed by atoms with E-state index in [4.69, 9.17) is 0 Å². The van der Waals surface area contributed by atoms with E-state index in [2.05, 4.69) is 28.9 Å². The van der Waals surface area contributed by atoms with Crippen molar-refractivity contribution < 1.29 is 0 Å². The maximum Gasteiger partial charge on any atom is 0.00961 e. The van der Waals surface area contributed by atoms with Gasteiger partial charge in [0.05, 0.1) is 0 Å². The third kappa shape index (κ3) is 3.65. The van der Waals surface area contributed by atoms with Crippen LogP contribution in [0.15, 0.2) is 12.2 Å². The first-order valence-corrected chi connectivity index (χ1v) is 8.94. The van der Waals surface area contributed by atoms with Gasteiger partial charge < -0.3 is 9.80 Å². The molecule has 20 heavy (non-hydrogen) atoms. The molecule has 3 aliphatic rings. The second-order valence-electron chi connectivity index (χ2n) is 7.27. The molecule has 2 saturated heterocycles. The van der Waals surface area contributed by atoms with Crippen molar-refractivity contribution >= 4 is 0 Å². The predicted octanol–water partition coefficient (Wildman–Crippen LogP) is 3.54. The molecule has 0 N–H and O–H groups in total. The van der Waals surface area contributed by atoms with E-state index in [-0.39, 0.29) is 0 Å². The fourth-order valence-corrected chi connectivity index (χ4v) is 4.45. The molecule has 2 atom stereocenters. The Morgan fingerprint density at radius 3 is 2.40 bits per heavy atom. The van der Waals surface area contributed by atoms with Gasteiger partial charge in [0, 0.05) is 12.6 Å². The van der Waals surface area contributed by atoms with E-state index in [9.17, 15) is 0 Å². The van der Waals surface area contributed by atoms with Gasteiger partial charge in [-0.3, -0.25) is 0 Å². The van der Waals surface area contributed by atoms with Crippen LogP contribution in [0.1, 0.15) is 51.9 Å². The van der Waals surface area contributed by atoms with Crippen molar-refractivity contribution in [3.05, 3.63) is 12.2 Å². The van der Waals surface area contributed by atoms with Gasteiger partial charge in [-0.2, -0.15) is 0 Å². The molecule has 0 aromatic rings. The first kappa shape index (κ1) is 14.6. The summed E-state index contributed by atoms with van der Waals surface area (Å²) in [6.45, 7) is 9.25. The van der Waals surface area contributed by atoms with Crippen molar-refractivity contribution in [3.63, 3.8) is 0 Å². The molecular weight excluding hydrogens is 244 g/mol. The zero-order chi connectivity index (χ0) is 13.8. The van der Waals surface area contributed by atoms with Gasteiger partial charge in [-0.25, -0.2) is 0 Å². The Morgan fingerprint density at radius 1 is 1.00 bits per heavy atom. The molecule has 0 radical (unpaired) electrons. The van der Waals surface area contributed by atoms with E-state index in [0.29, 0.717) is 0 Å². The van der Waals surface area contributed by atoms with Gasteiger partial charge in [0.2, 0.25) is 0 Å². The summed E-state index contributed by atoms with van der Waals surface area (Å²) in [6.07, 6.45) is 14.5. The molecule has 2 nitrogen and oxygen atoms in total. The van der Waals surface area contributed by atoms with Gasteiger partial charge in [-0.1, -0.05) is 12.2 Å². The van der Waals surface area contributed by atoms with Crippen LogP contribution in [-0.2, 0) is 0 Å². The average molecular weight is 276 g/mol. The van der Waals surface area contributed by atoms with E-state index in [0.717, 1.165) is 17.9 Å². The van der Waals surface area contributed by atoms with Crippen molar-refractivity contribution in [2.45, 2.75) is 57.9 Å². The van der Waals surface area contributed by atoms with E-state index in [1.54, 1.807) is 0 Å². The van der Waals surface area contributed by atoms with E-state index >= 15 is 0 Å². The molecule has 0 bridgehead atoms. The highest BCUT2D eigenvalue weighted by Crippen LogP contribution is 2.28. The van der Waals surface area contributed by atoms with E-state index in [1.165, 1.54) is 77.7 Å². The summed E-state index contributed by atoms with van der Waals surface area (Å²) in [5.74, 6) is 1.89. The zero-order valence-corrected chi connectivity index (χ0v) is 13.3. The fourth-order valence-electron chi connectivity index (χ4n) is 4.45. The third-order valence-electron chi connectivity index (χ3n) is 5.93. The van der Waals surface area contributed by atoms with Gasteiger partial charge in [-0.05, 0) is 89.9 Å². The van der Waals surface area contributed by atoms with Crippen LogP contribution < -0.4 is 0 Å². The number of nitrogens with zero attached hydrogens (tertiary/aromatic N) is 2. The molecule has 0 amide bonds. The molecule has 1 aliphatic carbocycles. The maximum absolute atomic E-state index is 2.75. The van der Waals surface area contributed by atoms with Crippen molar-refractivity contribution in [2.24, 2.45) is 11.8 Å². The van der Waals surface area contributed by atoms with E-state index < -0.39 is 0 Å². The maximum atomic E-state index is 2.75. The predicted molar refractivity (Wildman–Crippen MR) is 85.9 cm³/mol. The highest BCUT2D eigenvalue weighted by Gasteiger charge is 2.29. The van der Waals surface area contributed by atoms with Crippen LogP contribution in [0.3, 0.4) is 0 Å². The minimum Gasteiger partial charge on any atom is -0.303 e. The van der Waals surface area contributed by atoms with Gasteiger partial charge in [0.1, 0.15) is 0 Å². The minimum atomic E-state index is 0.831. The van der Waals surface area contributed by atoms with Crippen molar-refractivity contribution in [1.29, 1.82) is 0 Å². The van der Waals surface area contributed by atoms with Crippen LogP contribution >= 0.6 is 0 Å². The van der Waals surface area contributed by atoms with Gasteiger partial charge in [0.15, 0.2) is 0 Å². The second-order valence-corrected chi connectivity index (χ2v) is 7.27. The first-order chi connectivity index (χ1) is 9.83. The molecule has 3 rings (SSSR count). The SMILES string of the molecule is C[C@@H](C1CCN(C[C@H]2CC=CCC2)CC1)N1CCCC1. The lowest BCUT2D eigenvalue weighted by Crippen LogP contribution is -2.44. The minimum absolute atomic E-state index is 0.831. The van der Waals surface area contributed by atoms with Crippen molar-refractivity contribution in [2.75, 3.05) is 32.7 Å². The van der Waals surface area contributed by atoms with Crippen LogP contribution in [0.25, 0.3) is 0 Å². The average Bonchev–Trinajstić information content (AvgIpc) is 3.03. The Kier molecular flexibility index (Phi) is 5.17. The molecule has 0 spiro atoms. The number of hydrogen-bond donors (Lipinski definition) is 0. The number of likely N-dealkylation sites (tertiary alicyclic amines) is 2. The summed E-state index contributed by atoms with van der Waals surface area (Å²) in [5.41, 5.74) is 0.